The van der Waals surface area contributed by atoms with Crippen LogP contribution in [0.2, 0.25) is 0 Å². The number of likely N-dealkylation sites (tertiary alicyclic amines) is 1. The molecule has 0 atom stereocenters. The number of rotatable bonds is 7. The van der Waals surface area contributed by atoms with Gasteiger partial charge in [-0.1, -0.05) is 0 Å². The predicted octanol–water partition coefficient (Wildman–Crippen LogP) is 3.47. The minimum Gasteiger partial charge on any atom is -0.390 e. The van der Waals surface area contributed by atoms with Gasteiger partial charge in [-0.15, -0.1) is 0 Å². The molecule has 40 heavy (non-hydrogen) atoms. The molecule has 0 spiro atoms. The van der Waals surface area contributed by atoms with Crippen molar-refractivity contribution >= 4 is 16.9 Å². The van der Waals surface area contributed by atoms with E-state index < -0.39 is 24.1 Å². The second-order valence-electron chi connectivity index (χ2n) is 10.4. The summed E-state index contributed by atoms with van der Waals surface area (Å²) in [4.78, 5) is 21.2. The van der Waals surface area contributed by atoms with E-state index in [0.29, 0.717) is 6.42 Å². The maximum Gasteiger partial charge on any atom is 0.451 e. The number of nitrogens with zero attached hydrogens (tertiary/aromatic N) is 8. The molecule has 4 aromatic rings. The zero-order valence-electron chi connectivity index (χ0n) is 21.4. The third-order valence-electron chi connectivity index (χ3n) is 7.93. The van der Waals surface area contributed by atoms with Gasteiger partial charge in [0, 0.05) is 54.6 Å². The lowest BCUT2D eigenvalue weighted by molar-refractivity contribution is -0.145. The molecule has 208 valence electrons. The average molecular weight is 553 g/mol. The van der Waals surface area contributed by atoms with E-state index in [9.17, 15) is 23.5 Å². The first-order chi connectivity index (χ1) is 19.3. The molecule has 1 saturated heterocycles. The summed E-state index contributed by atoms with van der Waals surface area (Å²) < 4.78 is 41.4. The maximum absolute atomic E-state index is 13.2. The fourth-order valence-corrected chi connectivity index (χ4v) is 5.84. The van der Waals surface area contributed by atoms with Crippen molar-refractivity contribution in [3.8, 4) is 17.3 Å². The number of piperidine rings is 1. The van der Waals surface area contributed by atoms with Gasteiger partial charge in [0.25, 0.3) is 0 Å². The van der Waals surface area contributed by atoms with Crippen LogP contribution in [0, 0.1) is 11.3 Å². The summed E-state index contributed by atoms with van der Waals surface area (Å²) >= 11 is 0. The molecule has 0 radical (unpaired) electrons. The van der Waals surface area contributed by atoms with Gasteiger partial charge in [0.1, 0.15) is 17.8 Å². The Morgan fingerprint density at radius 2 is 2.00 bits per heavy atom. The molecule has 1 aliphatic carbocycles. The van der Waals surface area contributed by atoms with Crippen LogP contribution in [0.1, 0.15) is 43.6 Å². The van der Waals surface area contributed by atoms with Gasteiger partial charge in [-0.3, -0.25) is 4.68 Å². The van der Waals surface area contributed by atoms with Crippen molar-refractivity contribution in [3.05, 3.63) is 48.6 Å². The van der Waals surface area contributed by atoms with Crippen LogP contribution in [0.5, 0.6) is 0 Å². The number of alkyl halides is 3. The molecule has 0 bridgehead atoms. The van der Waals surface area contributed by atoms with Crippen LogP contribution in [0.3, 0.4) is 0 Å². The molecular weight excluding hydrogens is 525 g/mol. The summed E-state index contributed by atoms with van der Waals surface area (Å²) in [6, 6.07) is 5.85. The number of fused-ring (bicyclic) bond motifs is 1. The molecule has 1 aliphatic heterocycles. The SMILES string of the molecule is N#CCC1(n2cc(-c3ncnc4[nH]ccc34)cn2)CC(N2CCC(Nc3cc(CO)nc(C(F)(F)F)n3)CC2)C1. The summed E-state index contributed by atoms with van der Waals surface area (Å²) in [5.74, 6) is -1.20. The minimum absolute atomic E-state index is 0.0467. The smallest absolute Gasteiger partial charge is 0.390 e. The van der Waals surface area contributed by atoms with Crippen molar-refractivity contribution in [2.24, 2.45) is 0 Å². The van der Waals surface area contributed by atoms with Crippen molar-refractivity contribution in [2.75, 3.05) is 18.4 Å². The lowest BCUT2D eigenvalue weighted by Crippen LogP contribution is -2.58. The van der Waals surface area contributed by atoms with Gasteiger partial charge in [-0.05, 0) is 31.7 Å². The molecule has 2 aliphatic rings. The number of hydrogen-bond donors (Lipinski definition) is 3. The standard InChI is InChI=1S/C26H27F3N10O/c27-26(28,29)24-36-18(14-40)9-21(37-24)35-17-2-7-38(8-3-17)19-10-25(11-19,4-5-30)39-13-16(12-34-39)22-20-1-6-31-23(20)33-15-32-22/h1,6,9,12-13,15,17,19,40H,2-4,7-8,10-11,14H2,(H,31,32,33)(H,35,36,37). The van der Waals surface area contributed by atoms with E-state index in [1.165, 1.54) is 12.4 Å². The summed E-state index contributed by atoms with van der Waals surface area (Å²) in [7, 11) is 0. The van der Waals surface area contributed by atoms with Crippen molar-refractivity contribution in [2.45, 2.75) is 62.5 Å². The zero-order valence-corrected chi connectivity index (χ0v) is 21.4. The van der Waals surface area contributed by atoms with Crippen molar-refractivity contribution in [3.63, 3.8) is 0 Å². The lowest BCUT2D eigenvalue weighted by Gasteiger charge is -2.52. The predicted molar refractivity (Wildman–Crippen MR) is 138 cm³/mol. The molecule has 0 amide bonds. The number of H-pyrrole nitrogens is 1. The highest BCUT2D eigenvalue weighted by atomic mass is 19.4. The van der Waals surface area contributed by atoms with Gasteiger partial charge in [-0.2, -0.15) is 23.5 Å². The van der Waals surface area contributed by atoms with Crippen molar-refractivity contribution in [1.82, 2.24) is 39.6 Å². The maximum atomic E-state index is 13.2. The third-order valence-corrected chi connectivity index (χ3v) is 7.93. The Hall–Kier alpha value is -4.09. The van der Waals surface area contributed by atoms with Gasteiger partial charge in [0.2, 0.25) is 5.82 Å². The fourth-order valence-electron chi connectivity index (χ4n) is 5.84. The number of nitriles is 1. The molecule has 4 aromatic heterocycles. The topological polar surface area (TPSA) is 144 Å². The Balaban J connectivity index is 1.09. The molecule has 2 fully saturated rings. The Kier molecular flexibility index (Phi) is 6.63. The van der Waals surface area contributed by atoms with E-state index in [1.807, 2.05) is 23.1 Å². The van der Waals surface area contributed by atoms with E-state index in [4.69, 9.17) is 0 Å². The van der Waals surface area contributed by atoms with E-state index >= 15 is 0 Å². The van der Waals surface area contributed by atoms with Crippen LogP contribution in [0.4, 0.5) is 19.0 Å². The van der Waals surface area contributed by atoms with Crippen LogP contribution in [0.15, 0.2) is 37.1 Å². The molecule has 14 heteroatoms. The minimum atomic E-state index is -4.69. The highest BCUT2D eigenvalue weighted by Gasteiger charge is 2.49. The number of hydrogen-bond acceptors (Lipinski definition) is 9. The monoisotopic (exact) mass is 552 g/mol. The lowest BCUT2D eigenvalue weighted by atomic mass is 9.69. The number of aromatic nitrogens is 7. The molecule has 0 aromatic carbocycles. The quantitative estimate of drug-likeness (QED) is 0.314. The fraction of sp³-hybridized carbons (Fsp3) is 0.462. The van der Waals surface area contributed by atoms with Crippen LogP contribution in [-0.2, 0) is 18.3 Å². The molecular formula is C26H27F3N10O. The van der Waals surface area contributed by atoms with E-state index in [1.54, 1.807) is 6.20 Å². The number of nitrogens with one attached hydrogen (secondary N) is 2. The first-order valence-corrected chi connectivity index (χ1v) is 13.1. The second kappa shape index (κ2) is 10.1. The van der Waals surface area contributed by atoms with E-state index in [0.717, 1.165) is 61.1 Å². The molecule has 6 rings (SSSR count). The zero-order chi connectivity index (χ0) is 27.9. The van der Waals surface area contributed by atoms with Gasteiger partial charge >= 0.3 is 6.18 Å². The van der Waals surface area contributed by atoms with Gasteiger partial charge in [0.05, 0.1) is 42.2 Å². The normalized spacial score (nSPS) is 22.2. The van der Waals surface area contributed by atoms with Crippen molar-refractivity contribution in [1.29, 1.82) is 5.26 Å². The average Bonchev–Trinajstić information content (AvgIpc) is 3.61. The highest BCUT2D eigenvalue weighted by molar-refractivity contribution is 5.90. The number of aliphatic hydroxyl groups is 1. The molecule has 0 unspecified atom stereocenters. The Morgan fingerprint density at radius 3 is 2.73 bits per heavy atom. The second-order valence-corrected chi connectivity index (χ2v) is 10.4. The Bertz CT molecular complexity index is 1540. The van der Waals surface area contributed by atoms with Gasteiger partial charge in [0.15, 0.2) is 0 Å². The Labute approximate surface area is 227 Å². The number of aliphatic hydroxyl groups excluding tert-OH is 1. The van der Waals surface area contributed by atoms with E-state index in [2.05, 4.69) is 46.3 Å². The number of anilines is 1. The molecule has 5 heterocycles. The van der Waals surface area contributed by atoms with Crippen LogP contribution in [0.25, 0.3) is 22.3 Å². The summed E-state index contributed by atoms with van der Waals surface area (Å²) in [5.41, 5.74) is 1.92. The van der Waals surface area contributed by atoms with Crippen LogP contribution < -0.4 is 5.32 Å². The van der Waals surface area contributed by atoms with Crippen LogP contribution >= 0.6 is 0 Å². The van der Waals surface area contributed by atoms with Gasteiger partial charge < -0.3 is 20.3 Å². The summed E-state index contributed by atoms with van der Waals surface area (Å²) in [5, 5.41) is 27.6. The third kappa shape index (κ3) is 4.86. The van der Waals surface area contributed by atoms with E-state index in [-0.39, 0.29) is 23.6 Å². The Morgan fingerprint density at radius 1 is 1.20 bits per heavy atom. The van der Waals surface area contributed by atoms with Crippen molar-refractivity contribution < 1.29 is 18.3 Å². The largest absolute Gasteiger partial charge is 0.451 e. The summed E-state index contributed by atoms with van der Waals surface area (Å²) in [6.45, 7) is 0.940. The first-order valence-electron chi connectivity index (χ1n) is 13.1. The molecule has 11 nitrogen and oxygen atoms in total. The molecule has 1 saturated carbocycles. The van der Waals surface area contributed by atoms with Gasteiger partial charge in [-0.25, -0.2) is 19.9 Å². The highest BCUT2D eigenvalue weighted by Crippen LogP contribution is 2.45. The number of halogens is 3. The van der Waals surface area contributed by atoms with Crippen LogP contribution in [-0.4, -0.2) is 69.9 Å². The number of aromatic amines is 1. The summed E-state index contributed by atoms with van der Waals surface area (Å²) in [6.07, 6.45) is 5.74. The first kappa shape index (κ1) is 26.1. The molecule has 3 N–H and O–H groups in total.